The molecule has 94 valence electrons. The van der Waals surface area contributed by atoms with Gasteiger partial charge in [-0.3, -0.25) is 0 Å². The first-order valence-electron chi connectivity index (χ1n) is 6.04. The van der Waals surface area contributed by atoms with Crippen molar-refractivity contribution in [3.05, 3.63) is 18.0 Å². The monoisotopic (exact) mass is 252 g/mol. The predicted molar refractivity (Wildman–Crippen MR) is 73.5 cm³/mol. The minimum absolute atomic E-state index is 0.161. The third-order valence-corrected chi connectivity index (χ3v) is 4.16. The van der Waals surface area contributed by atoms with E-state index in [9.17, 15) is 0 Å². The van der Waals surface area contributed by atoms with E-state index in [1.54, 1.807) is 0 Å². The van der Waals surface area contributed by atoms with E-state index in [0.29, 0.717) is 6.04 Å². The zero-order valence-corrected chi connectivity index (χ0v) is 11.3. The number of nitrogens with two attached hydrogens (primary N) is 1. The van der Waals surface area contributed by atoms with E-state index in [0.717, 1.165) is 17.9 Å². The van der Waals surface area contributed by atoms with E-state index in [-0.39, 0.29) is 6.04 Å². The largest absolute Gasteiger partial charge is 0.340 e. The summed E-state index contributed by atoms with van der Waals surface area (Å²) >= 11 is 2.00. The molecule has 0 aliphatic carbocycles. The molecule has 17 heavy (non-hydrogen) atoms. The molecule has 1 aromatic rings. The van der Waals surface area contributed by atoms with Gasteiger partial charge in [-0.25, -0.2) is 9.97 Å². The lowest BCUT2D eigenvalue weighted by Crippen LogP contribution is -2.32. The molecule has 1 aliphatic heterocycles. The summed E-state index contributed by atoms with van der Waals surface area (Å²) in [5.74, 6) is 3.25. The number of anilines is 1. The molecule has 2 atom stereocenters. The zero-order valence-electron chi connectivity index (χ0n) is 10.5. The lowest BCUT2D eigenvalue weighted by atomic mass is 10.1. The van der Waals surface area contributed by atoms with Gasteiger partial charge in [0.25, 0.3) is 0 Å². The van der Waals surface area contributed by atoms with Gasteiger partial charge in [-0.05, 0) is 31.1 Å². The summed E-state index contributed by atoms with van der Waals surface area (Å²) in [5, 5.41) is 0. The molecule has 2 heterocycles. The van der Waals surface area contributed by atoms with Crippen LogP contribution in [0.4, 0.5) is 5.95 Å². The molecule has 2 unspecified atom stereocenters. The van der Waals surface area contributed by atoms with Crippen molar-refractivity contribution in [1.29, 1.82) is 0 Å². The SMILES string of the molecule is CC(N)Cc1cnc(N(C)C2CCSC2)nc1. The second kappa shape index (κ2) is 5.69. The number of hydrogen-bond donors (Lipinski definition) is 1. The Kier molecular flexibility index (Phi) is 4.23. The molecule has 2 N–H and O–H groups in total. The van der Waals surface area contributed by atoms with Gasteiger partial charge in [0.2, 0.25) is 5.95 Å². The second-order valence-electron chi connectivity index (χ2n) is 4.70. The van der Waals surface area contributed by atoms with E-state index in [4.69, 9.17) is 5.73 Å². The van der Waals surface area contributed by atoms with E-state index in [1.807, 2.05) is 31.1 Å². The summed E-state index contributed by atoms with van der Waals surface area (Å²) < 4.78 is 0. The maximum atomic E-state index is 5.75. The number of hydrogen-bond acceptors (Lipinski definition) is 5. The summed E-state index contributed by atoms with van der Waals surface area (Å²) in [6.07, 6.45) is 5.85. The molecule has 2 rings (SSSR count). The van der Waals surface area contributed by atoms with Gasteiger partial charge in [0.15, 0.2) is 0 Å². The highest BCUT2D eigenvalue weighted by molar-refractivity contribution is 7.99. The Hall–Kier alpha value is -0.810. The first-order chi connectivity index (χ1) is 8.16. The smallest absolute Gasteiger partial charge is 0.225 e. The molecule has 4 nitrogen and oxygen atoms in total. The normalized spacial score (nSPS) is 21.5. The molecular weight excluding hydrogens is 232 g/mol. The Morgan fingerprint density at radius 3 is 2.76 bits per heavy atom. The summed E-state index contributed by atoms with van der Waals surface area (Å²) in [6, 6.07) is 0.743. The Morgan fingerprint density at radius 2 is 2.24 bits per heavy atom. The average molecular weight is 252 g/mol. The highest BCUT2D eigenvalue weighted by atomic mass is 32.2. The number of nitrogens with zero attached hydrogens (tertiary/aromatic N) is 3. The van der Waals surface area contributed by atoms with Crippen molar-refractivity contribution in [2.45, 2.75) is 31.8 Å². The number of rotatable bonds is 4. The quantitative estimate of drug-likeness (QED) is 0.875. The van der Waals surface area contributed by atoms with Crippen molar-refractivity contribution in [2.24, 2.45) is 5.73 Å². The Labute approximate surface area is 107 Å². The van der Waals surface area contributed by atoms with Crippen LogP contribution in [-0.2, 0) is 6.42 Å². The van der Waals surface area contributed by atoms with Crippen LogP contribution in [0, 0.1) is 0 Å². The van der Waals surface area contributed by atoms with E-state index >= 15 is 0 Å². The molecule has 1 aromatic heterocycles. The summed E-state index contributed by atoms with van der Waals surface area (Å²) in [4.78, 5) is 11.0. The van der Waals surface area contributed by atoms with Crippen LogP contribution >= 0.6 is 11.8 Å². The van der Waals surface area contributed by atoms with Crippen molar-refractivity contribution in [1.82, 2.24) is 9.97 Å². The van der Waals surface area contributed by atoms with Gasteiger partial charge in [-0.15, -0.1) is 0 Å². The summed E-state index contributed by atoms with van der Waals surface area (Å²) in [5.41, 5.74) is 6.86. The van der Waals surface area contributed by atoms with Crippen molar-refractivity contribution in [3.8, 4) is 0 Å². The van der Waals surface area contributed by atoms with E-state index < -0.39 is 0 Å². The van der Waals surface area contributed by atoms with Crippen LogP contribution in [0.25, 0.3) is 0 Å². The molecule has 0 amide bonds. The highest BCUT2D eigenvalue weighted by Crippen LogP contribution is 2.23. The van der Waals surface area contributed by atoms with Crippen LogP contribution in [0.1, 0.15) is 18.9 Å². The molecule has 0 aromatic carbocycles. The van der Waals surface area contributed by atoms with Crippen LogP contribution in [0.2, 0.25) is 0 Å². The molecule has 1 aliphatic rings. The van der Waals surface area contributed by atoms with Crippen molar-refractivity contribution in [2.75, 3.05) is 23.5 Å². The lowest BCUT2D eigenvalue weighted by molar-refractivity contribution is 0.677. The van der Waals surface area contributed by atoms with Gasteiger partial charge in [0, 0.05) is 37.3 Å². The van der Waals surface area contributed by atoms with Crippen LogP contribution < -0.4 is 10.6 Å². The maximum Gasteiger partial charge on any atom is 0.225 e. The molecule has 1 saturated heterocycles. The highest BCUT2D eigenvalue weighted by Gasteiger charge is 2.21. The van der Waals surface area contributed by atoms with Crippen molar-refractivity contribution < 1.29 is 0 Å². The summed E-state index contributed by atoms with van der Waals surface area (Å²) in [6.45, 7) is 2.00. The zero-order chi connectivity index (χ0) is 12.3. The minimum Gasteiger partial charge on any atom is -0.340 e. The first kappa shape index (κ1) is 12.6. The first-order valence-corrected chi connectivity index (χ1v) is 7.19. The maximum absolute atomic E-state index is 5.75. The van der Waals surface area contributed by atoms with Crippen molar-refractivity contribution >= 4 is 17.7 Å². The molecule has 0 radical (unpaired) electrons. The van der Waals surface area contributed by atoms with Gasteiger partial charge < -0.3 is 10.6 Å². The molecule has 0 spiro atoms. The van der Waals surface area contributed by atoms with Crippen LogP contribution in [-0.4, -0.2) is 40.6 Å². The van der Waals surface area contributed by atoms with Gasteiger partial charge in [-0.1, -0.05) is 0 Å². The van der Waals surface area contributed by atoms with Crippen LogP contribution in [0.5, 0.6) is 0 Å². The van der Waals surface area contributed by atoms with Gasteiger partial charge in [0.05, 0.1) is 0 Å². The average Bonchev–Trinajstić information content (AvgIpc) is 2.82. The molecule has 5 heteroatoms. The van der Waals surface area contributed by atoms with Crippen LogP contribution in [0.3, 0.4) is 0 Å². The summed E-state index contributed by atoms with van der Waals surface area (Å²) in [7, 11) is 2.08. The number of aromatic nitrogens is 2. The van der Waals surface area contributed by atoms with Crippen LogP contribution in [0.15, 0.2) is 12.4 Å². The standard InChI is InChI=1S/C12H20N4S/c1-9(13)5-10-6-14-12(15-7-10)16(2)11-3-4-17-8-11/h6-7,9,11H,3-5,8,13H2,1-2H3. The van der Waals surface area contributed by atoms with E-state index in [2.05, 4.69) is 21.9 Å². The lowest BCUT2D eigenvalue weighted by Gasteiger charge is -2.23. The Morgan fingerprint density at radius 1 is 1.53 bits per heavy atom. The molecule has 1 fully saturated rings. The fraction of sp³-hybridized carbons (Fsp3) is 0.667. The predicted octanol–water partition coefficient (Wildman–Crippen LogP) is 1.31. The van der Waals surface area contributed by atoms with Gasteiger partial charge in [0.1, 0.15) is 0 Å². The third kappa shape index (κ3) is 3.33. The third-order valence-electron chi connectivity index (χ3n) is 3.02. The number of thioether (sulfide) groups is 1. The van der Waals surface area contributed by atoms with E-state index in [1.165, 1.54) is 17.9 Å². The minimum atomic E-state index is 0.161. The fourth-order valence-corrected chi connectivity index (χ4v) is 3.27. The Bertz CT molecular complexity index is 346. The Balaban J connectivity index is 2.01. The molecular formula is C12H20N4S. The fourth-order valence-electron chi connectivity index (χ4n) is 2.00. The topological polar surface area (TPSA) is 55.0 Å². The molecule has 0 bridgehead atoms. The van der Waals surface area contributed by atoms with Crippen molar-refractivity contribution in [3.63, 3.8) is 0 Å². The van der Waals surface area contributed by atoms with Gasteiger partial charge in [-0.2, -0.15) is 11.8 Å². The van der Waals surface area contributed by atoms with Gasteiger partial charge >= 0.3 is 0 Å². The molecule has 0 saturated carbocycles. The second-order valence-corrected chi connectivity index (χ2v) is 5.85.